The molecule has 2 nitrogen and oxygen atoms in total. The smallest absolute Gasteiger partial charge is 0.201 e. The third kappa shape index (κ3) is 4.01. The molecule has 0 bridgehead atoms. The maximum atomic E-state index is 2.31. The third-order valence-corrected chi connectivity index (χ3v) is 6.91. The number of benzene rings is 4. The number of hydrogen-bond acceptors (Lipinski definition) is 0. The molecule has 0 saturated carbocycles. The highest BCUT2D eigenvalue weighted by atomic mass is 15.1. The molecule has 0 aliphatic carbocycles. The molecule has 2 heteroatoms. The Labute approximate surface area is 212 Å². The van der Waals surface area contributed by atoms with E-state index >= 15 is 0 Å². The van der Waals surface area contributed by atoms with E-state index in [0.717, 1.165) is 0 Å². The summed E-state index contributed by atoms with van der Waals surface area (Å²) >= 11 is 0. The Hall–Kier alpha value is -4.43. The van der Waals surface area contributed by atoms with Crippen LogP contribution in [0, 0.1) is 20.8 Å². The van der Waals surface area contributed by atoms with Crippen LogP contribution in [0.3, 0.4) is 0 Å². The molecule has 2 heterocycles. The predicted octanol–water partition coefficient (Wildman–Crippen LogP) is 8.14. The van der Waals surface area contributed by atoms with Gasteiger partial charge in [-0.2, -0.15) is 4.40 Å². The van der Waals surface area contributed by atoms with Crippen LogP contribution < -0.4 is 4.57 Å². The molecule has 0 saturated heterocycles. The lowest BCUT2D eigenvalue weighted by Gasteiger charge is -2.10. The maximum Gasteiger partial charge on any atom is 0.254 e. The van der Waals surface area contributed by atoms with Crippen molar-refractivity contribution >= 4 is 5.52 Å². The molecule has 174 valence electrons. The molecule has 0 spiro atoms. The van der Waals surface area contributed by atoms with Gasteiger partial charge in [-0.1, -0.05) is 84.4 Å². The average Bonchev–Trinajstić information content (AvgIpc) is 3.32. The van der Waals surface area contributed by atoms with Crippen molar-refractivity contribution in [3.63, 3.8) is 0 Å². The third-order valence-electron chi connectivity index (χ3n) is 6.91. The number of hydrogen-bond donors (Lipinski definition) is 0. The van der Waals surface area contributed by atoms with Gasteiger partial charge < -0.3 is 0 Å². The zero-order valence-corrected chi connectivity index (χ0v) is 20.9. The Morgan fingerprint density at radius 3 is 1.67 bits per heavy atom. The summed E-state index contributed by atoms with van der Waals surface area (Å²) in [7, 11) is 0. The van der Waals surface area contributed by atoms with E-state index in [1.165, 1.54) is 61.4 Å². The van der Waals surface area contributed by atoms with E-state index in [1.54, 1.807) is 0 Å². The molecule has 0 amide bonds. The highest BCUT2D eigenvalue weighted by Crippen LogP contribution is 2.33. The molecule has 0 fully saturated rings. The first-order valence-corrected chi connectivity index (χ1v) is 12.4. The van der Waals surface area contributed by atoms with Crippen molar-refractivity contribution in [1.82, 2.24) is 4.40 Å². The van der Waals surface area contributed by atoms with E-state index in [0.29, 0.717) is 0 Å². The van der Waals surface area contributed by atoms with Gasteiger partial charge in [-0.3, -0.25) is 0 Å². The lowest BCUT2D eigenvalue weighted by Crippen LogP contribution is -2.29. The Morgan fingerprint density at radius 1 is 0.528 bits per heavy atom. The Balaban J connectivity index is 1.57. The van der Waals surface area contributed by atoms with Crippen molar-refractivity contribution in [2.45, 2.75) is 20.8 Å². The van der Waals surface area contributed by atoms with Gasteiger partial charge >= 0.3 is 0 Å². The molecule has 4 aromatic carbocycles. The van der Waals surface area contributed by atoms with Crippen LogP contribution in [0.15, 0.2) is 122 Å². The number of pyridine rings is 1. The summed E-state index contributed by atoms with van der Waals surface area (Å²) < 4.78 is 4.57. The van der Waals surface area contributed by atoms with E-state index in [-0.39, 0.29) is 0 Å². The predicted molar refractivity (Wildman–Crippen MR) is 149 cm³/mol. The first kappa shape index (κ1) is 22.1. The number of fused-ring (bicyclic) bond motifs is 1. The van der Waals surface area contributed by atoms with E-state index in [4.69, 9.17) is 0 Å². The molecule has 0 N–H and O–H groups in total. The summed E-state index contributed by atoms with van der Waals surface area (Å²) in [4.78, 5) is 0. The average molecular weight is 466 g/mol. The second-order valence-electron chi connectivity index (χ2n) is 9.64. The minimum Gasteiger partial charge on any atom is -0.201 e. The summed E-state index contributed by atoms with van der Waals surface area (Å²) in [6.07, 6.45) is 4.44. The first-order valence-electron chi connectivity index (χ1n) is 12.4. The molecule has 2 aromatic heterocycles. The molecule has 0 unspecified atom stereocenters. The Kier molecular flexibility index (Phi) is 5.50. The molecule has 0 aliphatic rings. The largest absolute Gasteiger partial charge is 0.254 e. The second-order valence-corrected chi connectivity index (χ2v) is 9.64. The Morgan fingerprint density at radius 2 is 1.08 bits per heavy atom. The van der Waals surface area contributed by atoms with Crippen molar-refractivity contribution in [3.05, 3.63) is 138 Å². The number of imidazole rings is 1. The van der Waals surface area contributed by atoms with E-state index < -0.39 is 0 Å². The quantitative estimate of drug-likeness (QED) is 0.232. The standard InChI is InChI=1S/C34H29N2/c1-24-17-25(2)34(26(3)18-24)35-22-32-15-10-16-33(36(32)23-35)31-20-29(27-11-6-4-7-12-27)19-30(21-31)28-13-8-5-9-14-28/h4-23H,1-3H3/q+1. The molecule has 6 aromatic rings. The van der Waals surface area contributed by atoms with Crippen LogP contribution in [0.5, 0.6) is 0 Å². The van der Waals surface area contributed by atoms with E-state index in [1.807, 2.05) is 0 Å². The molecular formula is C34H29N2+. The normalized spacial score (nSPS) is 11.2. The van der Waals surface area contributed by atoms with Crippen LogP contribution in [0.2, 0.25) is 0 Å². The minimum atomic E-state index is 1.17. The zero-order valence-electron chi connectivity index (χ0n) is 20.9. The number of aromatic nitrogens is 2. The topological polar surface area (TPSA) is 8.29 Å². The SMILES string of the molecule is Cc1cc(C)c(-[n+]2cc3cccc(-c4cc(-c5ccccc5)cc(-c5ccccc5)c4)n3c2)c(C)c1. The van der Waals surface area contributed by atoms with Gasteiger partial charge in [0.25, 0.3) is 6.33 Å². The summed E-state index contributed by atoms with van der Waals surface area (Å²) in [6, 6.07) is 39.3. The maximum absolute atomic E-state index is 2.31. The highest BCUT2D eigenvalue weighted by molar-refractivity contribution is 5.81. The van der Waals surface area contributed by atoms with Crippen molar-refractivity contribution in [1.29, 1.82) is 0 Å². The fraction of sp³-hybridized carbons (Fsp3) is 0.0882. The van der Waals surface area contributed by atoms with Crippen molar-refractivity contribution < 1.29 is 4.57 Å². The van der Waals surface area contributed by atoms with Gasteiger partial charge in [-0.05, 0) is 84.5 Å². The highest BCUT2D eigenvalue weighted by Gasteiger charge is 2.18. The van der Waals surface area contributed by atoms with Crippen molar-refractivity contribution in [2.24, 2.45) is 0 Å². The number of rotatable bonds is 4. The second kappa shape index (κ2) is 8.98. The lowest BCUT2D eigenvalue weighted by atomic mass is 9.95. The summed E-state index contributed by atoms with van der Waals surface area (Å²) in [6.45, 7) is 6.55. The summed E-state index contributed by atoms with van der Waals surface area (Å²) in [5, 5.41) is 0. The van der Waals surface area contributed by atoms with Gasteiger partial charge in [0.15, 0.2) is 5.52 Å². The Bertz CT molecular complexity index is 1610. The molecular weight excluding hydrogens is 436 g/mol. The van der Waals surface area contributed by atoms with Crippen LogP contribution in [-0.4, -0.2) is 4.40 Å². The number of nitrogens with zero attached hydrogens (tertiary/aromatic N) is 2. The van der Waals surface area contributed by atoms with E-state index in [9.17, 15) is 0 Å². The zero-order chi connectivity index (χ0) is 24.6. The van der Waals surface area contributed by atoms with Gasteiger partial charge in [0, 0.05) is 5.56 Å². The van der Waals surface area contributed by atoms with Crippen LogP contribution in [0.4, 0.5) is 0 Å². The molecule has 36 heavy (non-hydrogen) atoms. The van der Waals surface area contributed by atoms with Gasteiger partial charge in [0.05, 0.1) is 0 Å². The molecule has 0 atom stereocenters. The summed E-state index contributed by atoms with van der Waals surface area (Å²) in [5.74, 6) is 0. The summed E-state index contributed by atoms with van der Waals surface area (Å²) in [5.41, 5.74) is 13.5. The lowest BCUT2D eigenvalue weighted by molar-refractivity contribution is -0.594. The minimum absolute atomic E-state index is 1.17. The van der Waals surface area contributed by atoms with Crippen LogP contribution >= 0.6 is 0 Å². The number of aryl methyl sites for hydroxylation is 3. The van der Waals surface area contributed by atoms with E-state index in [2.05, 4.69) is 151 Å². The van der Waals surface area contributed by atoms with Crippen LogP contribution in [0.1, 0.15) is 16.7 Å². The molecule has 6 rings (SSSR count). The van der Waals surface area contributed by atoms with Crippen molar-refractivity contribution in [2.75, 3.05) is 0 Å². The fourth-order valence-electron chi connectivity index (χ4n) is 5.38. The van der Waals surface area contributed by atoms with Gasteiger partial charge in [0.2, 0.25) is 0 Å². The van der Waals surface area contributed by atoms with Crippen LogP contribution in [-0.2, 0) is 0 Å². The van der Waals surface area contributed by atoms with Gasteiger partial charge in [0.1, 0.15) is 17.6 Å². The fourth-order valence-corrected chi connectivity index (χ4v) is 5.38. The van der Waals surface area contributed by atoms with Gasteiger partial charge in [-0.25, -0.2) is 4.57 Å². The first-order chi connectivity index (χ1) is 17.6. The molecule has 0 radical (unpaired) electrons. The van der Waals surface area contributed by atoms with Crippen molar-refractivity contribution in [3.8, 4) is 39.2 Å². The van der Waals surface area contributed by atoms with Gasteiger partial charge in [-0.15, -0.1) is 0 Å². The monoisotopic (exact) mass is 465 g/mol. The molecule has 0 aliphatic heterocycles. The van der Waals surface area contributed by atoms with Crippen LogP contribution in [0.25, 0.3) is 44.7 Å².